The molecule has 1 aliphatic heterocycles. The first-order valence-electron chi connectivity index (χ1n) is 9.41. The molecule has 7 heteroatoms. The lowest BCUT2D eigenvalue weighted by Crippen LogP contribution is -2.53. The first-order chi connectivity index (χ1) is 13.4. The topological polar surface area (TPSA) is 66.9 Å². The molecule has 0 aromatic heterocycles. The fraction of sp³-hybridized carbons (Fsp3) is 0.381. The smallest absolute Gasteiger partial charge is 0.241 e. The van der Waals surface area contributed by atoms with Gasteiger partial charge in [-0.15, -0.1) is 0 Å². The van der Waals surface area contributed by atoms with E-state index < -0.39 is 16.1 Å². The maximum absolute atomic E-state index is 13.1. The predicted molar refractivity (Wildman–Crippen MR) is 109 cm³/mol. The summed E-state index contributed by atoms with van der Waals surface area (Å²) in [7, 11) is -1.81. The van der Waals surface area contributed by atoms with E-state index >= 15 is 0 Å². The highest BCUT2D eigenvalue weighted by atomic mass is 32.2. The van der Waals surface area contributed by atoms with Gasteiger partial charge in [-0.1, -0.05) is 42.5 Å². The average Bonchev–Trinajstić information content (AvgIpc) is 2.73. The van der Waals surface area contributed by atoms with Crippen molar-refractivity contribution in [3.05, 3.63) is 65.7 Å². The van der Waals surface area contributed by atoms with E-state index in [-0.39, 0.29) is 18.2 Å². The molecule has 0 bridgehead atoms. The van der Waals surface area contributed by atoms with Crippen LogP contribution in [0.1, 0.15) is 18.1 Å². The highest BCUT2D eigenvalue weighted by Gasteiger charge is 2.39. The molecule has 3 rings (SSSR count). The van der Waals surface area contributed by atoms with Gasteiger partial charge >= 0.3 is 0 Å². The van der Waals surface area contributed by atoms with Crippen molar-refractivity contribution in [1.29, 1.82) is 0 Å². The highest BCUT2D eigenvalue weighted by molar-refractivity contribution is 7.89. The molecule has 0 aliphatic carbocycles. The van der Waals surface area contributed by atoms with E-state index in [9.17, 15) is 13.2 Å². The van der Waals surface area contributed by atoms with E-state index in [1.54, 1.807) is 18.9 Å². The summed E-state index contributed by atoms with van der Waals surface area (Å²) < 4.78 is 32.3. The molecule has 0 spiro atoms. The van der Waals surface area contributed by atoms with Crippen LogP contribution in [-0.2, 0) is 27.8 Å². The molecule has 0 N–H and O–H groups in total. The zero-order chi connectivity index (χ0) is 20.1. The molecule has 28 heavy (non-hydrogen) atoms. The summed E-state index contributed by atoms with van der Waals surface area (Å²) in [5, 5.41) is 0. The first kappa shape index (κ1) is 20.4. The number of rotatable bonds is 7. The van der Waals surface area contributed by atoms with Crippen LogP contribution in [0.4, 0.5) is 0 Å². The molecule has 150 valence electrons. The molecule has 2 aromatic rings. The summed E-state index contributed by atoms with van der Waals surface area (Å²) >= 11 is 0. The third-order valence-electron chi connectivity index (χ3n) is 5.03. The van der Waals surface area contributed by atoms with Crippen LogP contribution >= 0.6 is 0 Å². The summed E-state index contributed by atoms with van der Waals surface area (Å²) in [4.78, 5) is 14.6. The van der Waals surface area contributed by atoms with Crippen LogP contribution in [-0.4, -0.2) is 55.5 Å². The van der Waals surface area contributed by atoms with Gasteiger partial charge in [0, 0.05) is 13.6 Å². The van der Waals surface area contributed by atoms with Crippen molar-refractivity contribution >= 4 is 15.9 Å². The molecule has 0 fully saturated rings. The van der Waals surface area contributed by atoms with Gasteiger partial charge in [0.2, 0.25) is 15.9 Å². The number of ether oxygens (including phenoxy) is 1. The largest absolute Gasteiger partial charge is 0.492 e. The molecular formula is C21H26N2O4S. The second-order valence-corrected chi connectivity index (χ2v) is 9.07. The third-order valence-corrected chi connectivity index (χ3v) is 6.86. The monoisotopic (exact) mass is 402 g/mol. The van der Waals surface area contributed by atoms with Gasteiger partial charge in [-0.3, -0.25) is 4.79 Å². The second kappa shape index (κ2) is 8.75. The SMILES string of the molecule is CCS(=O)(=O)N1Cc2ccccc2CC1C(=O)N(C)CCOc1ccccc1. The van der Waals surface area contributed by atoms with E-state index in [4.69, 9.17) is 4.74 Å². The normalized spacial score (nSPS) is 17.0. The van der Waals surface area contributed by atoms with Gasteiger partial charge in [0.1, 0.15) is 18.4 Å². The zero-order valence-electron chi connectivity index (χ0n) is 16.2. The second-order valence-electron chi connectivity index (χ2n) is 6.86. The van der Waals surface area contributed by atoms with Crippen molar-refractivity contribution in [3.8, 4) is 5.75 Å². The zero-order valence-corrected chi connectivity index (χ0v) is 17.1. The van der Waals surface area contributed by atoms with E-state index in [0.29, 0.717) is 19.6 Å². The first-order valence-corrected chi connectivity index (χ1v) is 11.0. The van der Waals surface area contributed by atoms with Gasteiger partial charge in [-0.05, 0) is 36.6 Å². The number of fused-ring (bicyclic) bond motifs is 1. The Morgan fingerprint density at radius 3 is 2.43 bits per heavy atom. The molecule has 1 unspecified atom stereocenters. The van der Waals surface area contributed by atoms with Crippen molar-refractivity contribution in [2.75, 3.05) is 26.0 Å². The quantitative estimate of drug-likeness (QED) is 0.713. The van der Waals surface area contributed by atoms with Crippen molar-refractivity contribution < 1.29 is 17.9 Å². The molecule has 1 aliphatic rings. The third kappa shape index (κ3) is 4.54. The summed E-state index contributed by atoms with van der Waals surface area (Å²) in [6, 6.07) is 16.4. The number of sulfonamides is 1. The lowest BCUT2D eigenvalue weighted by molar-refractivity contribution is -0.134. The number of amides is 1. The standard InChI is InChI=1S/C21H26N2O4S/c1-3-28(25,26)23-16-18-10-8-7-9-17(18)15-20(23)21(24)22(2)13-14-27-19-11-5-4-6-12-19/h4-12,20H,3,13-16H2,1-2H3. The van der Waals surface area contributed by atoms with Gasteiger partial charge in [-0.2, -0.15) is 4.31 Å². The molecule has 0 saturated heterocycles. The van der Waals surface area contributed by atoms with Crippen molar-refractivity contribution in [2.24, 2.45) is 0 Å². The van der Waals surface area contributed by atoms with Gasteiger partial charge in [-0.25, -0.2) is 8.42 Å². The molecule has 1 atom stereocenters. The maximum Gasteiger partial charge on any atom is 0.241 e. The molecular weight excluding hydrogens is 376 g/mol. The van der Waals surface area contributed by atoms with Gasteiger partial charge in [0.25, 0.3) is 0 Å². The Bertz CT molecular complexity index is 915. The Balaban J connectivity index is 1.72. The minimum absolute atomic E-state index is 0.0280. The van der Waals surface area contributed by atoms with Crippen LogP contribution in [0, 0.1) is 0 Å². The Morgan fingerprint density at radius 1 is 1.11 bits per heavy atom. The molecule has 6 nitrogen and oxygen atoms in total. The number of hydrogen-bond donors (Lipinski definition) is 0. The lowest BCUT2D eigenvalue weighted by atomic mass is 9.95. The predicted octanol–water partition coefficient (Wildman–Crippen LogP) is 2.30. The molecule has 0 saturated carbocycles. The highest BCUT2D eigenvalue weighted by Crippen LogP contribution is 2.27. The maximum atomic E-state index is 13.1. The Kier molecular flexibility index (Phi) is 6.36. The number of nitrogens with zero attached hydrogens (tertiary/aromatic N) is 2. The fourth-order valence-corrected chi connectivity index (χ4v) is 4.57. The molecule has 1 heterocycles. The van der Waals surface area contributed by atoms with Gasteiger partial charge in [0.15, 0.2) is 0 Å². The van der Waals surface area contributed by atoms with E-state index in [0.717, 1.165) is 16.9 Å². The number of hydrogen-bond acceptors (Lipinski definition) is 4. The number of para-hydroxylation sites is 1. The van der Waals surface area contributed by atoms with Crippen molar-refractivity contribution in [1.82, 2.24) is 9.21 Å². The average molecular weight is 403 g/mol. The molecule has 2 aromatic carbocycles. The number of carbonyl (C=O) groups is 1. The summed E-state index contributed by atoms with van der Waals surface area (Å²) in [5.41, 5.74) is 1.98. The molecule has 1 amide bonds. The fourth-order valence-electron chi connectivity index (χ4n) is 3.35. The Morgan fingerprint density at radius 2 is 1.75 bits per heavy atom. The van der Waals surface area contributed by atoms with Crippen molar-refractivity contribution in [3.63, 3.8) is 0 Å². The number of carbonyl (C=O) groups excluding carboxylic acids is 1. The van der Waals surface area contributed by atoms with Crippen LogP contribution in [0.15, 0.2) is 54.6 Å². The number of likely N-dealkylation sites (N-methyl/N-ethyl adjacent to an activating group) is 1. The minimum atomic E-state index is -3.50. The van der Waals surface area contributed by atoms with Gasteiger partial charge < -0.3 is 9.64 Å². The number of benzene rings is 2. The van der Waals surface area contributed by atoms with Crippen LogP contribution < -0.4 is 4.74 Å². The van der Waals surface area contributed by atoms with Crippen molar-refractivity contribution in [2.45, 2.75) is 25.9 Å². The van der Waals surface area contributed by atoms with E-state index in [1.165, 1.54) is 4.31 Å². The Hall–Kier alpha value is -2.38. The summed E-state index contributed by atoms with van der Waals surface area (Å²) in [6.07, 6.45) is 0.387. The summed E-state index contributed by atoms with van der Waals surface area (Å²) in [5.74, 6) is 0.507. The minimum Gasteiger partial charge on any atom is -0.492 e. The van der Waals surface area contributed by atoms with Crippen LogP contribution in [0.25, 0.3) is 0 Å². The van der Waals surface area contributed by atoms with E-state index in [2.05, 4.69) is 0 Å². The van der Waals surface area contributed by atoms with Crippen LogP contribution in [0.3, 0.4) is 0 Å². The van der Waals surface area contributed by atoms with Gasteiger partial charge in [0.05, 0.1) is 12.3 Å². The Labute approximate surface area is 166 Å². The summed E-state index contributed by atoms with van der Waals surface area (Å²) in [6.45, 7) is 2.56. The van der Waals surface area contributed by atoms with E-state index in [1.807, 2.05) is 54.6 Å². The van der Waals surface area contributed by atoms with Crippen LogP contribution in [0.5, 0.6) is 5.75 Å². The lowest BCUT2D eigenvalue weighted by Gasteiger charge is -2.36. The molecule has 0 radical (unpaired) electrons. The van der Waals surface area contributed by atoms with Crippen LogP contribution in [0.2, 0.25) is 0 Å².